The van der Waals surface area contributed by atoms with Gasteiger partial charge in [0.2, 0.25) is 5.91 Å². The van der Waals surface area contributed by atoms with Gasteiger partial charge in [-0.1, -0.05) is 34.8 Å². The first-order valence-electron chi connectivity index (χ1n) is 9.13. The molecule has 0 saturated carbocycles. The maximum atomic E-state index is 12.6. The lowest BCUT2D eigenvalue weighted by Crippen LogP contribution is -2.52. The standard InChI is InChI=1S/C18H23Cl3F3N3O2/c1-12(17(28)25-16-10-14(20)13(19)9-15(16)21)27-6-4-26(5-7-27)3-2-8-29-11-18(22,23)24/h9-10,12H,2-8,11H2,1H3,(H,25,28). The van der Waals surface area contributed by atoms with Crippen molar-refractivity contribution >= 4 is 46.4 Å². The highest BCUT2D eigenvalue weighted by molar-refractivity contribution is 6.44. The topological polar surface area (TPSA) is 44.8 Å². The van der Waals surface area contributed by atoms with Gasteiger partial charge in [-0.15, -0.1) is 0 Å². The van der Waals surface area contributed by atoms with Crippen molar-refractivity contribution in [3.8, 4) is 0 Å². The number of halogens is 6. The van der Waals surface area contributed by atoms with Crippen LogP contribution in [0.25, 0.3) is 0 Å². The summed E-state index contributed by atoms with van der Waals surface area (Å²) in [7, 11) is 0. The van der Waals surface area contributed by atoms with E-state index in [-0.39, 0.29) is 18.6 Å². The number of anilines is 1. The molecule has 29 heavy (non-hydrogen) atoms. The number of benzene rings is 1. The number of nitrogens with zero attached hydrogens (tertiary/aromatic N) is 2. The third-order valence-electron chi connectivity index (χ3n) is 4.63. The average Bonchev–Trinajstić information content (AvgIpc) is 2.64. The highest BCUT2D eigenvalue weighted by Gasteiger charge is 2.28. The lowest BCUT2D eigenvalue weighted by molar-refractivity contribution is -0.174. The van der Waals surface area contributed by atoms with Gasteiger partial charge in [0.1, 0.15) is 6.61 Å². The first-order valence-corrected chi connectivity index (χ1v) is 10.3. The number of alkyl halides is 3. The number of carbonyl (C=O) groups excluding carboxylic acids is 1. The van der Waals surface area contributed by atoms with Crippen LogP contribution in [-0.2, 0) is 9.53 Å². The Bertz CT molecular complexity index is 699. The van der Waals surface area contributed by atoms with Gasteiger partial charge in [0.05, 0.1) is 26.8 Å². The highest BCUT2D eigenvalue weighted by atomic mass is 35.5. The molecular formula is C18H23Cl3F3N3O2. The van der Waals surface area contributed by atoms with Gasteiger partial charge < -0.3 is 15.0 Å². The minimum Gasteiger partial charge on any atom is -0.372 e. The summed E-state index contributed by atoms with van der Waals surface area (Å²) < 4.78 is 40.7. The zero-order chi connectivity index (χ0) is 21.6. The summed E-state index contributed by atoms with van der Waals surface area (Å²) in [5, 5.41) is 3.68. The molecule has 2 rings (SSSR count). The summed E-state index contributed by atoms with van der Waals surface area (Å²) in [6, 6.07) is 2.61. The number of ether oxygens (including phenoxy) is 1. The number of rotatable bonds is 8. The molecule has 1 N–H and O–H groups in total. The van der Waals surface area contributed by atoms with Crippen LogP contribution >= 0.6 is 34.8 Å². The lowest BCUT2D eigenvalue weighted by Gasteiger charge is -2.37. The summed E-state index contributed by atoms with van der Waals surface area (Å²) in [6.07, 6.45) is -3.76. The van der Waals surface area contributed by atoms with Crippen molar-refractivity contribution in [1.82, 2.24) is 9.80 Å². The molecule has 0 spiro atoms. The molecule has 0 aliphatic carbocycles. The van der Waals surface area contributed by atoms with Gasteiger partial charge in [-0.25, -0.2) is 0 Å². The van der Waals surface area contributed by atoms with Gasteiger partial charge in [0.15, 0.2) is 0 Å². The van der Waals surface area contributed by atoms with Crippen LogP contribution in [0.2, 0.25) is 15.1 Å². The molecule has 1 atom stereocenters. The summed E-state index contributed by atoms with van der Waals surface area (Å²) >= 11 is 18.0. The molecule has 1 aliphatic rings. The van der Waals surface area contributed by atoms with E-state index in [9.17, 15) is 18.0 Å². The van der Waals surface area contributed by atoms with Crippen molar-refractivity contribution in [2.75, 3.05) is 51.3 Å². The van der Waals surface area contributed by atoms with Gasteiger partial charge in [0, 0.05) is 39.3 Å². The zero-order valence-electron chi connectivity index (χ0n) is 15.9. The first kappa shape index (κ1) is 24.5. The number of nitrogens with one attached hydrogen (secondary N) is 1. The van der Waals surface area contributed by atoms with E-state index in [1.165, 1.54) is 12.1 Å². The van der Waals surface area contributed by atoms with Crippen molar-refractivity contribution in [3.63, 3.8) is 0 Å². The van der Waals surface area contributed by atoms with Gasteiger partial charge >= 0.3 is 6.18 Å². The van der Waals surface area contributed by atoms with Gasteiger partial charge in [-0.2, -0.15) is 13.2 Å². The van der Waals surface area contributed by atoms with Crippen molar-refractivity contribution < 1.29 is 22.7 Å². The SMILES string of the molecule is CC(C(=O)Nc1cc(Cl)c(Cl)cc1Cl)N1CCN(CCCOCC(F)(F)F)CC1. The Labute approximate surface area is 183 Å². The molecule has 1 fully saturated rings. The Morgan fingerprint density at radius 2 is 1.76 bits per heavy atom. The molecule has 1 aromatic rings. The number of hydrogen-bond donors (Lipinski definition) is 1. The predicted octanol–water partition coefficient (Wildman–Crippen LogP) is 4.56. The van der Waals surface area contributed by atoms with E-state index in [1.54, 1.807) is 6.92 Å². The molecular weight excluding hydrogens is 454 g/mol. The molecule has 0 bridgehead atoms. The zero-order valence-corrected chi connectivity index (χ0v) is 18.1. The van der Waals surface area contributed by atoms with Crippen LogP contribution in [0.1, 0.15) is 13.3 Å². The number of carbonyl (C=O) groups is 1. The van der Waals surface area contributed by atoms with Crippen LogP contribution in [0.5, 0.6) is 0 Å². The number of hydrogen-bond acceptors (Lipinski definition) is 4. The molecule has 1 unspecified atom stereocenters. The fourth-order valence-electron chi connectivity index (χ4n) is 2.97. The fourth-order valence-corrected chi connectivity index (χ4v) is 3.57. The van der Waals surface area contributed by atoms with Gasteiger partial charge in [0.25, 0.3) is 0 Å². The number of amides is 1. The largest absolute Gasteiger partial charge is 0.411 e. The fraction of sp³-hybridized carbons (Fsp3) is 0.611. The van der Waals surface area contributed by atoms with E-state index in [2.05, 4.69) is 15.0 Å². The minimum absolute atomic E-state index is 0.0724. The van der Waals surface area contributed by atoms with E-state index in [0.717, 1.165) is 13.1 Å². The van der Waals surface area contributed by atoms with Crippen LogP contribution in [0.15, 0.2) is 12.1 Å². The molecule has 11 heteroatoms. The first-order chi connectivity index (χ1) is 13.6. The van der Waals surface area contributed by atoms with E-state index in [4.69, 9.17) is 34.8 Å². The molecule has 1 aliphatic heterocycles. The summed E-state index contributed by atoms with van der Waals surface area (Å²) in [5.41, 5.74) is 0.399. The predicted molar refractivity (Wildman–Crippen MR) is 109 cm³/mol. The normalized spacial score (nSPS) is 17.3. The van der Waals surface area contributed by atoms with E-state index in [0.29, 0.717) is 46.8 Å². The van der Waals surface area contributed by atoms with Gasteiger partial charge in [-0.05, 0) is 25.5 Å². The van der Waals surface area contributed by atoms with Gasteiger partial charge in [-0.3, -0.25) is 9.69 Å². The van der Waals surface area contributed by atoms with E-state index >= 15 is 0 Å². The highest BCUT2D eigenvalue weighted by Crippen LogP contribution is 2.32. The molecule has 0 radical (unpaired) electrons. The molecule has 1 saturated heterocycles. The third-order valence-corrected chi connectivity index (χ3v) is 5.67. The van der Waals surface area contributed by atoms with Crippen LogP contribution in [0.3, 0.4) is 0 Å². The summed E-state index contributed by atoms with van der Waals surface area (Å²) in [4.78, 5) is 16.7. The Balaban J connectivity index is 1.73. The second-order valence-corrected chi connectivity index (χ2v) is 8.03. The average molecular weight is 477 g/mol. The Kier molecular flexibility index (Phi) is 9.31. The maximum absolute atomic E-state index is 12.6. The van der Waals surface area contributed by atoms with E-state index < -0.39 is 12.8 Å². The summed E-state index contributed by atoms with van der Waals surface area (Å²) in [5.74, 6) is -0.209. The second kappa shape index (κ2) is 11.0. The molecule has 0 aromatic heterocycles. The van der Waals surface area contributed by atoms with Crippen LogP contribution in [0.4, 0.5) is 18.9 Å². The Morgan fingerprint density at radius 1 is 1.14 bits per heavy atom. The van der Waals surface area contributed by atoms with Crippen molar-refractivity contribution in [2.24, 2.45) is 0 Å². The number of piperazine rings is 1. The van der Waals surface area contributed by atoms with Crippen LogP contribution < -0.4 is 5.32 Å². The molecule has 1 heterocycles. The van der Waals surface area contributed by atoms with E-state index in [1.807, 2.05) is 4.90 Å². The van der Waals surface area contributed by atoms with Crippen molar-refractivity contribution in [2.45, 2.75) is 25.6 Å². The van der Waals surface area contributed by atoms with Crippen LogP contribution in [-0.4, -0.2) is 73.9 Å². The molecule has 1 aromatic carbocycles. The Hall–Kier alpha value is -0.770. The Morgan fingerprint density at radius 3 is 2.38 bits per heavy atom. The molecule has 5 nitrogen and oxygen atoms in total. The smallest absolute Gasteiger partial charge is 0.372 e. The summed E-state index contributed by atoms with van der Waals surface area (Å²) in [6.45, 7) is 4.13. The third kappa shape index (κ3) is 8.11. The lowest BCUT2D eigenvalue weighted by atomic mass is 10.2. The maximum Gasteiger partial charge on any atom is 0.411 e. The quantitative estimate of drug-likeness (QED) is 0.441. The second-order valence-electron chi connectivity index (χ2n) is 6.81. The van der Waals surface area contributed by atoms with Crippen molar-refractivity contribution in [1.29, 1.82) is 0 Å². The monoisotopic (exact) mass is 475 g/mol. The van der Waals surface area contributed by atoms with Crippen LogP contribution in [0, 0.1) is 0 Å². The molecule has 164 valence electrons. The van der Waals surface area contributed by atoms with Crippen molar-refractivity contribution in [3.05, 3.63) is 27.2 Å². The minimum atomic E-state index is -4.29. The molecule has 1 amide bonds.